The number of hydrogen-bond donors (Lipinski definition) is 0. The van der Waals surface area contributed by atoms with Crippen LogP contribution in [0.15, 0.2) is 29.3 Å². The van der Waals surface area contributed by atoms with Gasteiger partial charge in [0.25, 0.3) is 0 Å². The number of allylic oxidation sites excluding steroid dienone is 2. The maximum absolute atomic E-state index is 13.7. The van der Waals surface area contributed by atoms with E-state index in [0.717, 1.165) is 36.9 Å². The summed E-state index contributed by atoms with van der Waals surface area (Å²) in [6, 6.07) is 4.69. The Balaban J connectivity index is 1.76. The molecule has 128 valence electrons. The Labute approximate surface area is 147 Å². The molecule has 0 saturated heterocycles. The maximum atomic E-state index is 13.7. The summed E-state index contributed by atoms with van der Waals surface area (Å²) in [6.45, 7) is 5.63. The monoisotopic (exact) mass is 347 g/mol. The summed E-state index contributed by atoms with van der Waals surface area (Å²) in [5.74, 6) is 1.94. The summed E-state index contributed by atoms with van der Waals surface area (Å²) in [5.41, 5.74) is 2.79. The minimum atomic E-state index is -0.240. The van der Waals surface area contributed by atoms with E-state index >= 15 is 0 Å². The first-order chi connectivity index (χ1) is 11.5. The lowest BCUT2D eigenvalue weighted by Gasteiger charge is -2.19. The zero-order valence-electron chi connectivity index (χ0n) is 14.0. The van der Waals surface area contributed by atoms with E-state index in [1.807, 2.05) is 6.92 Å². The summed E-state index contributed by atoms with van der Waals surface area (Å²) >= 11 is 5.54. The molecule has 24 heavy (non-hydrogen) atoms. The third-order valence-electron chi connectivity index (χ3n) is 5.75. The quantitative estimate of drug-likeness (QED) is 0.491. The second kappa shape index (κ2) is 7.18. The molecule has 0 bridgehead atoms. The van der Waals surface area contributed by atoms with Crippen LogP contribution >= 0.6 is 11.6 Å². The van der Waals surface area contributed by atoms with Crippen molar-refractivity contribution < 1.29 is 9.18 Å². The van der Waals surface area contributed by atoms with E-state index in [0.29, 0.717) is 30.1 Å². The van der Waals surface area contributed by atoms with Gasteiger partial charge in [-0.05, 0) is 98.4 Å². The molecular weight excluding hydrogens is 325 g/mol. The zero-order chi connectivity index (χ0) is 17.3. The number of benzene rings is 1. The lowest BCUT2D eigenvalue weighted by atomic mass is 9.86. The van der Waals surface area contributed by atoms with Crippen LogP contribution in [0.2, 0.25) is 0 Å². The van der Waals surface area contributed by atoms with Crippen LogP contribution in [0, 0.1) is 29.5 Å². The summed E-state index contributed by atoms with van der Waals surface area (Å²) in [5, 5.41) is -0.216. The summed E-state index contributed by atoms with van der Waals surface area (Å²) in [6.07, 6.45) is 6.98. The van der Waals surface area contributed by atoms with Crippen molar-refractivity contribution in [3.63, 3.8) is 0 Å². The van der Waals surface area contributed by atoms with Crippen LogP contribution in [0.1, 0.15) is 44.6 Å². The molecule has 0 spiro atoms. The molecule has 4 heteroatoms. The molecule has 0 aliphatic heterocycles. The van der Waals surface area contributed by atoms with Crippen molar-refractivity contribution in [3.05, 3.63) is 35.7 Å². The van der Waals surface area contributed by atoms with Gasteiger partial charge in [-0.2, -0.15) is 0 Å². The van der Waals surface area contributed by atoms with E-state index in [-0.39, 0.29) is 11.1 Å². The number of rotatable bonds is 5. The van der Waals surface area contributed by atoms with Crippen molar-refractivity contribution in [2.24, 2.45) is 28.7 Å². The fourth-order valence-corrected chi connectivity index (χ4v) is 5.10. The molecule has 0 heterocycles. The Morgan fingerprint density at radius 3 is 2.54 bits per heavy atom. The molecule has 1 aromatic rings. The second-order valence-electron chi connectivity index (χ2n) is 7.15. The molecule has 0 amide bonds. The normalized spacial score (nSPS) is 29.5. The topological polar surface area (TPSA) is 29.4 Å². The number of nitrogens with zero attached hydrogens (tertiary/aromatic N) is 1. The lowest BCUT2D eigenvalue weighted by molar-refractivity contribution is -0.112. The number of halogens is 2. The first-order valence-electron chi connectivity index (χ1n) is 8.63. The fraction of sp³-hybridized carbons (Fsp3) is 0.500. The molecule has 2 aliphatic rings. The van der Waals surface area contributed by atoms with Gasteiger partial charge in [0.05, 0.1) is 5.69 Å². The third-order valence-corrected chi connectivity index (χ3v) is 5.91. The Bertz CT molecular complexity index is 670. The van der Waals surface area contributed by atoms with E-state index in [9.17, 15) is 9.18 Å². The molecule has 0 unspecified atom stereocenters. The number of hydrogen-bond acceptors (Lipinski definition) is 2. The summed E-state index contributed by atoms with van der Waals surface area (Å²) in [4.78, 5) is 15.2. The smallest absolute Gasteiger partial charge is 0.221 e. The second-order valence-corrected chi connectivity index (χ2v) is 7.57. The highest BCUT2D eigenvalue weighted by molar-refractivity contribution is 6.63. The van der Waals surface area contributed by atoms with Crippen LogP contribution in [0.4, 0.5) is 10.1 Å². The van der Waals surface area contributed by atoms with Crippen molar-refractivity contribution >= 4 is 34.8 Å². The molecule has 2 saturated carbocycles. The van der Waals surface area contributed by atoms with Gasteiger partial charge in [-0.15, -0.1) is 0 Å². The van der Waals surface area contributed by atoms with Crippen molar-refractivity contribution in [1.82, 2.24) is 0 Å². The van der Waals surface area contributed by atoms with E-state index in [2.05, 4.69) is 17.8 Å². The van der Waals surface area contributed by atoms with Gasteiger partial charge in [0.2, 0.25) is 5.24 Å². The van der Waals surface area contributed by atoms with Crippen LogP contribution in [0.3, 0.4) is 0 Å². The van der Waals surface area contributed by atoms with Gasteiger partial charge in [0.15, 0.2) is 0 Å². The molecule has 0 aromatic heterocycles. The molecule has 2 aliphatic carbocycles. The van der Waals surface area contributed by atoms with Crippen LogP contribution in [-0.4, -0.2) is 12.0 Å². The predicted octanol–water partition coefficient (Wildman–Crippen LogP) is 5.77. The van der Waals surface area contributed by atoms with Crippen molar-refractivity contribution in [1.29, 1.82) is 0 Å². The van der Waals surface area contributed by atoms with Crippen LogP contribution in [-0.2, 0) is 4.79 Å². The number of carbonyl (C=O) groups is 1. The summed E-state index contributed by atoms with van der Waals surface area (Å²) in [7, 11) is 0. The highest BCUT2D eigenvalue weighted by Crippen LogP contribution is 2.54. The molecule has 2 nitrogen and oxygen atoms in total. The molecule has 0 radical (unpaired) electrons. The Kier molecular flexibility index (Phi) is 5.19. The van der Waals surface area contributed by atoms with Gasteiger partial charge in [-0.3, -0.25) is 9.79 Å². The summed E-state index contributed by atoms with van der Waals surface area (Å²) < 4.78 is 13.7. The third kappa shape index (κ3) is 3.46. The zero-order valence-corrected chi connectivity index (χ0v) is 14.7. The maximum Gasteiger partial charge on any atom is 0.221 e. The fourth-order valence-electron chi connectivity index (χ4n) is 4.88. The molecule has 4 atom stereocenters. The molecule has 1 aromatic carbocycles. The molecule has 2 fully saturated rings. The molecule has 3 rings (SSSR count). The Morgan fingerprint density at radius 1 is 1.33 bits per heavy atom. The molecular formula is C20H23ClFNO. The first-order valence-corrected chi connectivity index (χ1v) is 9.00. The van der Waals surface area contributed by atoms with Gasteiger partial charge < -0.3 is 0 Å². The van der Waals surface area contributed by atoms with Gasteiger partial charge in [-0.25, -0.2) is 4.39 Å². The van der Waals surface area contributed by atoms with Gasteiger partial charge in [0, 0.05) is 12.0 Å². The minimum Gasteiger partial charge on any atom is -0.281 e. The standard InChI is InChI=1S/C20H23ClFNO/c1-3-17(18-11-16(22)4-5-19(18)23-2)15-9-13-6-12(8-20(21)24)7-14(13)10-15/h3-5,11-15H,2,6-10H2,1H3/b17-3-/t12-,13+,14-,15-. The SMILES string of the molecule is C=Nc1ccc(F)cc1/C(=C\C)[C@H]1C[C@H]2C[C@H](CC(=O)Cl)C[C@H]2C1. The van der Waals surface area contributed by atoms with Gasteiger partial charge >= 0.3 is 0 Å². The average molecular weight is 348 g/mol. The van der Waals surface area contributed by atoms with E-state index in [1.165, 1.54) is 11.6 Å². The van der Waals surface area contributed by atoms with Gasteiger partial charge in [0.1, 0.15) is 5.82 Å². The largest absolute Gasteiger partial charge is 0.281 e. The average Bonchev–Trinajstić information content (AvgIpc) is 3.06. The number of carbonyl (C=O) groups excluding carboxylic acids is 1. The van der Waals surface area contributed by atoms with E-state index in [1.54, 1.807) is 12.1 Å². The Hall–Kier alpha value is -1.48. The number of aliphatic imine (C=N–C) groups is 1. The highest BCUT2D eigenvalue weighted by atomic mass is 35.5. The van der Waals surface area contributed by atoms with E-state index in [4.69, 9.17) is 11.6 Å². The van der Waals surface area contributed by atoms with Gasteiger partial charge in [-0.1, -0.05) is 6.08 Å². The van der Waals surface area contributed by atoms with Crippen molar-refractivity contribution in [3.8, 4) is 0 Å². The predicted molar refractivity (Wildman–Crippen MR) is 97.2 cm³/mol. The Morgan fingerprint density at radius 2 is 2.00 bits per heavy atom. The van der Waals surface area contributed by atoms with Crippen molar-refractivity contribution in [2.45, 2.75) is 39.0 Å². The highest BCUT2D eigenvalue weighted by Gasteiger charge is 2.43. The van der Waals surface area contributed by atoms with E-state index < -0.39 is 0 Å². The minimum absolute atomic E-state index is 0.216. The lowest BCUT2D eigenvalue weighted by Crippen LogP contribution is -2.05. The van der Waals surface area contributed by atoms with Crippen LogP contribution < -0.4 is 0 Å². The number of fused-ring (bicyclic) bond motifs is 1. The molecule has 0 N–H and O–H groups in total. The van der Waals surface area contributed by atoms with Crippen molar-refractivity contribution in [2.75, 3.05) is 0 Å². The van der Waals surface area contributed by atoms with Crippen LogP contribution in [0.5, 0.6) is 0 Å². The first kappa shape index (κ1) is 17.3. The van der Waals surface area contributed by atoms with Crippen LogP contribution in [0.25, 0.3) is 5.57 Å².